The van der Waals surface area contributed by atoms with E-state index in [-0.39, 0.29) is 0 Å². The fraction of sp³-hybridized carbons (Fsp3) is 0.348. The lowest BCUT2D eigenvalue weighted by Crippen LogP contribution is -2.41. The molecule has 6 nitrogen and oxygen atoms in total. The van der Waals surface area contributed by atoms with Crippen molar-refractivity contribution >= 4 is 35.0 Å². The van der Waals surface area contributed by atoms with Crippen LogP contribution in [0, 0.1) is 5.92 Å². The molecule has 1 saturated heterocycles. The molecule has 1 aliphatic heterocycles. The molecule has 0 saturated carbocycles. The zero-order valence-corrected chi connectivity index (χ0v) is 18.0. The van der Waals surface area contributed by atoms with Crippen molar-refractivity contribution in [1.82, 2.24) is 4.90 Å². The summed E-state index contributed by atoms with van der Waals surface area (Å²) < 4.78 is 9.62. The van der Waals surface area contributed by atoms with E-state index in [0.29, 0.717) is 27.8 Å². The van der Waals surface area contributed by atoms with Crippen molar-refractivity contribution in [3.8, 4) is 0 Å². The summed E-state index contributed by atoms with van der Waals surface area (Å²) in [6.45, 7) is 1.68. The van der Waals surface area contributed by atoms with Crippen LogP contribution < -0.4 is 5.32 Å². The Balaban J connectivity index is 1.65. The van der Waals surface area contributed by atoms with Crippen molar-refractivity contribution in [1.29, 1.82) is 0 Å². The Labute approximate surface area is 182 Å². The molecule has 0 radical (unpaired) electrons. The number of piperidine rings is 1. The number of carbonyl (C=O) groups is 2. The number of likely N-dealkylation sites (tertiary alicyclic amines) is 1. The molecule has 0 aliphatic carbocycles. The second kappa shape index (κ2) is 10.2. The molecule has 0 unspecified atom stereocenters. The van der Waals surface area contributed by atoms with Gasteiger partial charge in [0.25, 0.3) is 0 Å². The standard InChI is InChI=1S/C23H26N2O4S/c1-28-21(26)18-8-9-19(22(27)29-2)20(15-18)24-23(30)25-12-10-17(11-13-25)14-16-6-4-3-5-7-16/h3-9,15,17H,10-14H2,1-2H3,(H,24,30). The van der Waals surface area contributed by atoms with Gasteiger partial charge in [0.05, 0.1) is 31.0 Å². The van der Waals surface area contributed by atoms with Crippen LogP contribution in [-0.4, -0.2) is 49.3 Å². The highest BCUT2D eigenvalue weighted by molar-refractivity contribution is 7.80. The summed E-state index contributed by atoms with van der Waals surface area (Å²) >= 11 is 5.59. The third-order valence-electron chi connectivity index (χ3n) is 5.36. The molecule has 0 aromatic heterocycles. The molecule has 158 valence electrons. The van der Waals surface area contributed by atoms with Gasteiger partial charge in [-0.1, -0.05) is 30.3 Å². The highest BCUT2D eigenvalue weighted by Gasteiger charge is 2.23. The molecule has 1 aliphatic rings. The van der Waals surface area contributed by atoms with Crippen LogP contribution in [0.25, 0.3) is 0 Å². The maximum atomic E-state index is 12.1. The molecule has 0 bridgehead atoms. The van der Waals surface area contributed by atoms with E-state index in [1.165, 1.54) is 31.9 Å². The third kappa shape index (κ3) is 5.36. The molecular formula is C23H26N2O4S. The van der Waals surface area contributed by atoms with Crippen LogP contribution in [0.2, 0.25) is 0 Å². The molecule has 7 heteroatoms. The largest absolute Gasteiger partial charge is 0.465 e. The quantitative estimate of drug-likeness (QED) is 0.574. The Morgan fingerprint density at radius 2 is 1.70 bits per heavy atom. The zero-order chi connectivity index (χ0) is 21.5. The molecule has 0 amide bonds. The lowest BCUT2D eigenvalue weighted by Gasteiger charge is -2.34. The van der Waals surface area contributed by atoms with E-state index in [1.807, 2.05) is 6.07 Å². The molecule has 3 rings (SSSR count). The molecule has 1 N–H and O–H groups in total. The monoisotopic (exact) mass is 426 g/mol. The molecular weight excluding hydrogens is 400 g/mol. The summed E-state index contributed by atoms with van der Waals surface area (Å²) in [5.74, 6) is -0.361. The summed E-state index contributed by atoms with van der Waals surface area (Å²) in [4.78, 5) is 26.1. The Kier molecular flexibility index (Phi) is 7.41. The minimum Gasteiger partial charge on any atom is -0.465 e. The molecule has 0 atom stereocenters. The summed E-state index contributed by atoms with van der Waals surface area (Å²) in [5.41, 5.74) is 2.43. The van der Waals surface area contributed by atoms with E-state index in [0.717, 1.165) is 32.4 Å². The first-order chi connectivity index (χ1) is 14.5. The third-order valence-corrected chi connectivity index (χ3v) is 5.72. The number of methoxy groups -OCH3 is 2. The van der Waals surface area contributed by atoms with E-state index in [9.17, 15) is 9.59 Å². The number of nitrogens with zero attached hydrogens (tertiary/aromatic N) is 1. The Morgan fingerprint density at radius 1 is 1.03 bits per heavy atom. The molecule has 1 fully saturated rings. The van der Waals surface area contributed by atoms with E-state index >= 15 is 0 Å². The minimum atomic E-state index is -0.502. The van der Waals surface area contributed by atoms with Crippen molar-refractivity contribution in [2.45, 2.75) is 19.3 Å². The maximum absolute atomic E-state index is 12.1. The maximum Gasteiger partial charge on any atom is 0.339 e. The van der Waals surface area contributed by atoms with Crippen LogP contribution in [0.4, 0.5) is 5.69 Å². The molecule has 2 aromatic carbocycles. The minimum absolute atomic E-state index is 0.312. The van der Waals surface area contributed by atoms with Crippen LogP contribution in [0.15, 0.2) is 48.5 Å². The second-order valence-corrected chi connectivity index (χ2v) is 7.68. The first-order valence-corrected chi connectivity index (χ1v) is 10.3. The van der Waals surface area contributed by atoms with E-state index in [1.54, 1.807) is 6.07 Å². The van der Waals surface area contributed by atoms with Gasteiger partial charge >= 0.3 is 11.9 Å². The number of benzene rings is 2. The van der Waals surface area contributed by atoms with Gasteiger partial charge in [-0.25, -0.2) is 9.59 Å². The smallest absolute Gasteiger partial charge is 0.339 e. The van der Waals surface area contributed by atoms with Crippen molar-refractivity contribution < 1.29 is 19.1 Å². The number of ether oxygens (including phenoxy) is 2. The molecule has 2 aromatic rings. The van der Waals surface area contributed by atoms with Gasteiger partial charge in [0, 0.05) is 13.1 Å². The average molecular weight is 427 g/mol. The highest BCUT2D eigenvalue weighted by Crippen LogP contribution is 2.24. The van der Waals surface area contributed by atoms with Gasteiger partial charge in [-0.15, -0.1) is 0 Å². The van der Waals surface area contributed by atoms with E-state index in [4.69, 9.17) is 21.7 Å². The van der Waals surface area contributed by atoms with Crippen LogP contribution in [0.1, 0.15) is 39.1 Å². The first kappa shape index (κ1) is 21.8. The fourth-order valence-electron chi connectivity index (χ4n) is 3.66. The number of rotatable bonds is 5. The van der Waals surface area contributed by atoms with E-state index in [2.05, 4.69) is 34.5 Å². The van der Waals surface area contributed by atoms with Crippen molar-refractivity contribution in [2.24, 2.45) is 5.92 Å². The van der Waals surface area contributed by atoms with Crippen molar-refractivity contribution in [2.75, 3.05) is 32.6 Å². The summed E-state index contributed by atoms with van der Waals surface area (Å²) in [6.07, 6.45) is 3.16. The summed E-state index contributed by atoms with van der Waals surface area (Å²) in [7, 11) is 2.63. The fourth-order valence-corrected chi connectivity index (χ4v) is 3.95. The number of hydrogen-bond donors (Lipinski definition) is 1. The number of esters is 2. The number of carbonyl (C=O) groups excluding carboxylic acids is 2. The Morgan fingerprint density at radius 3 is 2.33 bits per heavy atom. The van der Waals surface area contributed by atoms with Crippen molar-refractivity contribution in [3.63, 3.8) is 0 Å². The van der Waals surface area contributed by atoms with Gasteiger partial charge in [-0.2, -0.15) is 0 Å². The van der Waals surface area contributed by atoms with Crippen LogP contribution >= 0.6 is 12.2 Å². The Bertz CT molecular complexity index is 909. The van der Waals surface area contributed by atoms with E-state index < -0.39 is 11.9 Å². The molecule has 30 heavy (non-hydrogen) atoms. The van der Waals surface area contributed by atoms with Crippen LogP contribution in [-0.2, 0) is 15.9 Å². The Hall–Kier alpha value is -2.93. The molecule has 1 heterocycles. The van der Waals surface area contributed by atoms with Gasteiger partial charge < -0.3 is 19.7 Å². The van der Waals surface area contributed by atoms with Gasteiger partial charge in [0.2, 0.25) is 0 Å². The first-order valence-electron chi connectivity index (χ1n) is 9.92. The highest BCUT2D eigenvalue weighted by atomic mass is 32.1. The predicted octanol–water partition coefficient (Wildman–Crippen LogP) is 3.91. The number of hydrogen-bond acceptors (Lipinski definition) is 5. The number of thiocarbonyl (C=S) groups is 1. The van der Waals surface area contributed by atoms with Gasteiger partial charge in [-0.05, 0) is 61.2 Å². The normalized spacial score (nSPS) is 14.1. The van der Waals surface area contributed by atoms with Crippen LogP contribution in [0.5, 0.6) is 0 Å². The van der Waals surface area contributed by atoms with Gasteiger partial charge in [-0.3, -0.25) is 0 Å². The summed E-state index contributed by atoms with van der Waals surface area (Å²) in [6, 6.07) is 15.1. The van der Waals surface area contributed by atoms with Crippen molar-refractivity contribution in [3.05, 3.63) is 65.2 Å². The van der Waals surface area contributed by atoms with Gasteiger partial charge in [0.1, 0.15) is 0 Å². The number of nitrogens with one attached hydrogen (secondary N) is 1. The number of anilines is 1. The van der Waals surface area contributed by atoms with Gasteiger partial charge in [0.15, 0.2) is 5.11 Å². The summed E-state index contributed by atoms with van der Waals surface area (Å²) in [5, 5.41) is 3.66. The average Bonchev–Trinajstić information content (AvgIpc) is 2.79. The second-order valence-electron chi connectivity index (χ2n) is 7.29. The van der Waals surface area contributed by atoms with Crippen LogP contribution in [0.3, 0.4) is 0 Å². The predicted molar refractivity (Wildman–Crippen MR) is 120 cm³/mol. The topological polar surface area (TPSA) is 67.9 Å². The zero-order valence-electron chi connectivity index (χ0n) is 17.2. The lowest BCUT2D eigenvalue weighted by atomic mass is 9.90. The SMILES string of the molecule is COC(=O)c1ccc(C(=O)OC)c(NC(=S)N2CCC(Cc3ccccc3)CC2)c1. The molecule has 0 spiro atoms. The lowest BCUT2D eigenvalue weighted by molar-refractivity contribution is 0.0587.